The molecule has 0 bridgehead atoms. The van der Waals surface area contributed by atoms with E-state index in [1.807, 2.05) is 60.7 Å². The molecular formula is C18H22NOP. The van der Waals surface area contributed by atoms with Crippen LogP contribution in [0.3, 0.4) is 0 Å². The molecule has 0 aliphatic carbocycles. The number of nitrogens with zero attached hydrogens (tertiary/aromatic N) is 1. The fourth-order valence-electron chi connectivity index (χ4n) is 2.95. The zero-order chi connectivity index (χ0) is 15.1. The van der Waals surface area contributed by atoms with E-state index in [4.69, 9.17) is 0 Å². The average Bonchev–Trinajstić information content (AvgIpc) is 3.29. The van der Waals surface area contributed by atoms with Gasteiger partial charge >= 0.3 is 0 Å². The minimum atomic E-state index is -2.61. The van der Waals surface area contributed by atoms with Gasteiger partial charge in [0.05, 0.1) is 5.78 Å². The van der Waals surface area contributed by atoms with Crippen LogP contribution in [0.1, 0.15) is 20.8 Å². The lowest BCUT2D eigenvalue weighted by Crippen LogP contribution is -2.30. The Balaban J connectivity index is 2.08. The highest BCUT2D eigenvalue weighted by Crippen LogP contribution is 2.57. The Kier molecular flexibility index (Phi) is 3.55. The summed E-state index contributed by atoms with van der Waals surface area (Å²) in [6.45, 7) is 7.47. The van der Waals surface area contributed by atoms with Gasteiger partial charge in [-0.05, 0) is 20.8 Å². The van der Waals surface area contributed by atoms with Crippen molar-refractivity contribution < 1.29 is 4.57 Å². The third-order valence-electron chi connectivity index (χ3n) is 4.15. The molecule has 1 heterocycles. The Bertz CT molecular complexity index is 617. The summed E-state index contributed by atoms with van der Waals surface area (Å²) in [6.07, 6.45) is 0. The van der Waals surface area contributed by atoms with E-state index in [9.17, 15) is 4.57 Å². The van der Waals surface area contributed by atoms with Crippen LogP contribution in [0, 0.1) is 0 Å². The first-order valence-electron chi connectivity index (χ1n) is 7.42. The molecule has 0 saturated carbocycles. The molecule has 1 saturated heterocycles. The van der Waals surface area contributed by atoms with E-state index in [2.05, 4.69) is 25.7 Å². The summed E-state index contributed by atoms with van der Waals surface area (Å²) in [5.41, 5.74) is 0.0594. The van der Waals surface area contributed by atoms with Gasteiger partial charge in [0.2, 0.25) is 0 Å². The normalized spacial score (nSPS) is 22.0. The number of hydrogen-bond donors (Lipinski definition) is 0. The molecule has 0 radical (unpaired) electrons. The summed E-state index contributed by atoms with van der Waals surface area (Å²) in [6, 6.07) is 19.9. The van der Waals surface area contributed by atoms with Gasteiger partial charge in [-0.15, -0.1) is 0 Å². The molecule has 21 heavy (non-hydrogen) atoms. The highest BCUT2D eigenvalue weighted by atomic mass is 31.2. The molecule has 2 aromatic carbocycles. The summed E-state index contributed by atoms with van der Waals surface area (Å²) in [4.78, 5) is 2.34. The molecule has 0 N–H and O–H groups in total. The third-order valence-corrected chi connectivity index (χ3v) is 7.56. The van der Waals surface area contributed by atoms with E-state index >= 15 is 0 Å². The number of hydrogen-bond acceptors (Lipinski definition) is 2. The second-order valence-corrected chi connectivity index (χ2v) is 9.58. The van der Waals surface area contributed by atoms with Crippen molar-refractivity contribution in [3.63, 3.8) is 0 Å². The van der Waals surface area contributed by atoms with Gasteiger partial charge in [0.15, 0.2) is 7.14 Å². The van der Waals surface area contributed by atoms with Gasteiger partial charge in [-0.25, -0.2) is 0 Å². The van der Waals surface area contributed by atoms with Crippen molar-refractivity contribution in [2.45, 2.75) is 32.1 Å². The molecule has 2 unspecified atom stereocenters. The highest BCUT2D eigenvalue weighted by molar-refractivity contribution is 7.79. The lowest BCUT2D eigenvalue weighted by molar-refractivity contribution is 0.302. The van der Waals surface area contributed by atoms with Crippen molar-refractivity contribution in [1.82, 2.24) is 4.90 Å². The summed E-state index contributed by atoms with van der Waals surface area (Å²) in [5.74, 6) is 0.127. The minimum absolute atomic E-state index is 0.0594. The second-order valence-electron chi connectivity index (χ2n) is 6.63. The Morgan fingerprint density at radius 1 is 0.905 bits per heavy atom. The molecule has 110 valence electrons. The predicted molar refractivity (Wildman–Crippen MR) is 90.0 cm³/mol. The quantitative estimate of drug-likeness (QED) is 0.639. The molecule has 3 rings (SSSR count). The van der Waals surface area contributed by atoms with Crippen molar-refractivity contribution in [1.29, 1.82) is 0 Å². The van der Waals surface area contributed by atoms with E-state index in [1.54, 1.807) is 0 Å². The Morgan fingerprint density at radius 2 is 1.33 bits per heavy atom. The average molecular weight is 299 g/mol. The van der Waals surface area contributed by atoms with E-state index in [0.717, 1.165) is 17.2 Å². The standard InChI is InChI=1S/C18H22NOP/c1-18(2,3)19-14-17(19)21(20,15-10-6-4-7-11-15)16-12-8-5-9-13-16/h4-13,17H,14H2,1-3H3. The van der Waals surface area contributed by atoms with Gasteiger partial charge in [-0.2, -0.15) is 0 Å². The van der Waals surface area contributed by atoms with Gasteiger partial charge in [0.25, 0.3) is 0 Å². The van der Waals surface area contributed by atoms with Crippen molar-refractivity contribution in [3.05, 3.63) is 60.7 Å². The van der Waals surface area contributed by atoms with Crippen molar-refractivity contribution in [3.8, 4) is 0 Å². The van der Waals surface area contributed by atoms with Crippen molar-refractivity contribution >= 4 is 17.8 Å². The van der Waals surface area contributed by atoms with Gasteiger partial charge < -0.3 is 4.57 Å². The molecule has 0 amide bonds. The lowest BCUT2D eigenvalue weighted by Gasteiger charge is -2.25. The number of rotatable bonds is 3. The molecule has 1 aliphatic rings. The van der Waals surface area contributed by atoms with Crippen LogP contribution in [0.15, 0.2) is 60.7 Å². The smallest absolute Gasteiger partial charge is 0.160 e. The maximum Gasteiger partial charge on any atom is 0.160 e. The molecule has 1 fully saturated rings. The SMILES string of the molecule is CC(C)(C)N1CC1P(=O)(c1ccccc1)c1ccccc1. The van der Waals surface area contributed by atoms with Crippen LogP contribution < -0.4 is 10.6 Å². The molecule has 0 spiro atoms. The van der Waals surface area contributed by atoms with Crippen LogP contribution in [0.4, 0.5) is 0 Å². The Hall–Kier alpha value is -1.37. The second kappa shape index (κ2) is 5.12. The monoisotopic (exact) mass is 299 g/mol. The van der Waals surface area contributed by atoms with Crippen LogP contribution in [-0.4, -0.2) is 22.8 Å². The van der Waals surface area contributed by atoms with Crippen molar-refractivity contribution in [2.75, 3.05) is 6.54 Å². The molecular weight excluding hydrogens is 277 g/mol. The lowest BCUT2D eigenvalue weighted by atomic mass is 10.1. The van der Waals surface area contributed by atoms with Gasteiger partial charge in [0.1, 0.15) is 0 Å². The summed E-state index contributed by atoms with van der Waals surface area (Å²) < 4.78 is 14.0. The highest BCUT2D eigenvalue weighted by Gasteiger charge is 2.53. The Labute approximate surface area is 127 Å². The van der Waals surface area contributed by atoms with Gasteiger partial charge in [-0.1, -0.05) is 60.7 Å². The fraction of sp³-hybridized carbons (Fsp3) is 0.333. The van der Waals surface area contributed by atoms with Gasteiger partial charge in [0, 0.05) is 22.7 Å². The summed E-state index contributed by atoms with van der Waals surface area (Å²) >= 11 is 0. The zero-order valence-electron chi connectivity index (χ0n) is 12.9. The molecule has 0 aromatic heterocycles. The van der Waals surface area contributed by atoms with Crippen LogP contribution in [-0.2, 0) is 4.57 Å². The first-order valence-corrected chi connectivity index (χ1v) is 9.19. The van der Waals surface area contributed by atoms with E-state index in [0.29, 0.717) is 0 Å². The molecule has 2 nitrogen and oxygen atoms in total. The molecule has 3 heteroatoms. The Morgan fingerprint density at radius 3 is 1.67 bits per heavy atom. The van der Waals surface area contributed by atoms with E-state index in [1.165, 1.54) is 0 Å². The first kappa shape index (κ1) is 14.6. The summed E-state index contributed by atoms with van der Waals surface area (Å²) in [5, 5.41) is 1.93. The van der Waals surface area contributed by atoms with E-state index in [-0.39, 0.29) is 11.3 Å². The summed E-state index contributed by atoms with van der Waals surface area (Å²) in [7, 11) is -2.61. The first-order chi connectivity index (χ1) is 9.94. The topological polar surface area (TPSA) is 20.1 Å². The van der Waals surface area contributed by atoms with Crippen LogP contribution in [0.25, 0.3) is 0 Å². The number of benzene rings is 2. The van der Waals surface area contributed by atoms with Crippen LogP contribution >= 0.6 is 7.14 Å². The van der Waals surface area contributed by atoms with Crippen molar-refractivity contribution in [2.24, 2.45) is 0 Å². The molecule has 2 aromatic rings. The molecule has 2 atom stereocenters. The van der Waals surface area contributed by atoms with Crippen LogP contribution in [0.2, 0.25) is 0 Å². The van der Waals surface area contributed by atoms with E-state index < -0.39 is 7.14 Å². The minimum Gasteiger partial charge on any atom is -0.312 e. The van der Waals surface area contributed by atoms with Gasteiger partial charge in [-0.3, -0.25) is 4.90 Å². The fourth-order valence-corrected chi connectivity index (χ4v) is 6.31. The van der Waals surface area contributed by atoms with Crippen LogP contribution in [0.5, 0.6) is 0 Å². The predicted octanol–water partition coefficient (Wildman–Crippen LogP) is 3.44. The molecule has 1 aliphatic heterocycles. The largest absolute Gasteiger partial charge is 0.312 e. The third kappa shape index (κ3) is 2.59. The zero-order valence-corrected chi connectivity index (χ0v) is 13.8. The maximum atomic E-state index is 14.0. The maximum absolute atomic E-state index is 14.0.